The van der Waals surface area contributed by atoms with Crippen LogP contribution in [0.3, 0.4) is 0 Å². The third kappa shape index (κ3) is 3.20. The number of fused-ring (bicyclic) bond motifs is 1. The minimum Gasteiger partial charge on any atom is -0.454 e. The Kier molecular flexibility index (Phi) is 5.09. The number of alkyl halides is 2. The lowest BCUT2D eigenvalue weighted by atomic mass is 9.51. The summed E-state index contributed by atoms with van der Waals surface area (Å²) < 4.78 is 77.3. The van der Waals surface area contributed by atoms with Gasteiger partial charge in [0.2, 0.25) is 0 Å². The Labute approximate surface area is 208 Å². The summed E-state index contributed by atoms with van der Waals surface area (Å²) in [4.78, 5) is 24.9. The van der Waals surface area contributed by atoms with Crippen LogP contribution in [0.25, 0.3) is 0 Å². The first-order valence-corrected chi connectivity index (χ1v) is 13.4. The summed E-state index contributed by atoms with van der Waals surface area (Å²) in [5.41, 5.74) is -1.02. The number of carbonyl (C=O) groups is 2. The van der Waals surface area contributed by atoms with Gasteiger partial charge < -0.3 is 14.2 Å². The van der Waals surface area contributed by atoms with Gasteiger partial charge in [-0.2, -0.15) is 17.2 Å². The van der Waals surface area contributed by atoms with Crippen LogP contribution in [-0.4, -0.2) is 41.6 Å². The van der Waals surface area contributed by atoms with E-state index in [-0.39, 0.29) is 18.8 Å². The standard InChI is InChI=1S/C19H16F2I2O8S/c20-19(21,32(26,27)28)16(25)31-17-5-8-3-9(6-17)18(10(4-8)7-17)29-14-11(15(24)30-18)1-2-12(22)13(14)23/h1-2,8-10H,3-7H2,(H,26,27,28). The van der Waals surface area contributed by atoms with Gasteiger partial charge in [0, 0.05) is 15.4 Å². The van der Waals surface area contributed by atoms with Crippen LogP contribution in [0, 0.1) is 24.9 Å². The van der Waals surface area contributed by atoms with Gasteiger partial charge in [-0.15, -0.1) is 0 Å². The van der Waals surface area contributed by atoms with Crippen LogP contribution in [-0.2, 0) is 24.4 Å². The van der Waals surface area contributed by atoms with Crippen molar-refractivity contribution >= 4 is 67.2 Å². The van der Waals surface area contributed by atoms with E-state index in [0.717, 1.165) is 7.14 Å². The normalized spacial score (nSPS) is 35.3. The summed E-state index contributed by atoms with van der Waals surface area (Å²) >= 11 is 4.23. The number of esters is 2. The molecule has 1 aliphatic heterocycles. The Morgan fingerprint density at radius 3 is 2.38 bits per heavy atom. The van der Waals surface area contributed by atoms with E-state index in [0.29, 0.717) is 30.6 Å². The molecule has 4 fully saturated rings. The van der Waals surface area contributed by atoms with Crippen molar-refractivity contribution in [3.05, 3.63) is 24.8 Å². The quantitative estimate of drug-likeness (QED) is 0.289. The maximum Gasteiger partial charge on any atom is 0.465 e. The minimum absolute atomic E-state index is 0.0176. The van der Waals surface area contributed by atoms with Gasteiger partial charge >= 0.3 is 27.3 Å². The average molecular weight is 696 g/mol. The summed E-state index contributed by atoms with van der Waals surface area (Å²) in [6.07, 6.45) is 1.64. The monoisotopic (exact) mass is 696 g/mol. The topological polar surface area (TPSA) is 116 Å². The molecular weight excluding hydrogens is 680 g/mol. The van der Waals surface area contributed by atoms with Gasteiger partial charge in [0.25, 0.3) is 5.79 Å². The van der Waals surface area contributed by atoms with Crippen LogP contribution in [0.15, 0.2) is 12.1 Å². The second-order valence-corrected chi connectivity index (χ2v) is 12.6. The zero-order valence-corrected chi connectivity index (χ0v) is 21.3. The molecule has 174 valence electrons. The number of rotatable bonds is 3. The smallest absolute Gasteiger partial charge is 0.454 e. The van der Waals surface area contributed by atoms with E-state index in [4.69, 9.17) is 18.8 Å². The lowest BCUT2D eigenvalue weighted by molar-refractivity contribution is -0.309. The number of benzene rings is 1. The Morgan fingerprint density at radius 1 is 1.16 bits per heavy atom. The highest BCUT2D eigenvalue weighted by Crippen LogP contribution is 2.64. The number of ether oxygens (including phenoxy) is 3. The minimum atomic E-state index is -5.97. The van der Waals surface area contributed by atoms with Crippen LogP contribution in [0.4, 0.5) is 8.78 Å². The Morgan fingerprint density at radius 2 is 1.78 bits per heavy atom. The summed E-state index contributed by atoms with van der Waals surface area (Å²) in [6.45, 7) is 0. The molecular formula is C19H16F2I2O8S. The molecule has 0 aromatic heterocycles. The van der Waals surface area contributed by atoms with E-state index in [9.17, 15) is 26.8 Å². The molecule has 1 aromatic carbocycles. The molecule has 0 saturated heterocycles. The van der Waals surface area contributed by atoms with E-state index in [1.54, 1.807) is 12.1 Å². The van der Waals surface area contributed by atoms with Crippen molar-refractivity contribution in [1.82, 2.24) is 0 Å². The molecule has 1 N–H and O–H groups in total. The van der Waals surface area contributed by atoms with Crippen LogP contribution in [0.2, 0.25) is 0 Å². The third-order valence-electron chi connectivity index (χ3n) is 6.93. The van der Waals surface area contributed by atoms with E-state index in [2.05, 4.69) is 45.2 Å². The maximum atomic E-state index is 13.8. The molecule has 8 nitrogen and oxygen atoms in total. The van der Waals surface area contributed by atoms with E-state index in [1.165, 1.54) is 0 Å². The summed E-state index contributed by atoms with van der Waals surface area (Å²) in [5.74, 6) is -4.54. The third-order valence-corrected chi connectivity index (χ3v) is 10.7. The lowest BCUT2D eigenvalue weighted by Crippen LogP contribution is -2.69. The van der Waals surface area contributed by atoms with Crippen molar-refractivity contribution in [2.75, 3.05) is 0 Å². The molecule has 4 saturated carbocycles. The van der Waals surface area contributed by atoms with Crippen molar-refractivity contribution in [1.29, 1.82) is 0 Å². The van der Waals surface area contributed by atoms with Crippen LogP contribution >= 0.6 is 45.2 Å². The fourth-order valence-corrected chi connectivity index (χ4v) is 7.10. The highest BCUT2D eigenvalue weighted by atomic mass is 127. The van der Waals surface area contributed by atoms with Gasteiger partial charge in [0.05, 0.1) is 3.57 Å². The lowest BCUT2D eigenvalue weighted by Gasteiger charge is -2.63. The van der Waals surface area contributed by atoms with E-state index in [1.807, 2.05) is 0 Å². The zero-order chi connectivity index (χ0) is 23.3. The molecule has 4 aliphatic carbocycles. The van der Waals surface area contributed by atoms with Gasteiger partial charge in [-0.05, 0) is 95.3 Å². The van der Waals surface area contributed by atoms with Crippen LogP contribution < -0.4 is 4.74 Å². The van der Waals surface area contributed by atoms with Crippen molar-refractivity contribution in [3.8, 4) is 5.75 Å². The molecule has 0 amide bonds. The molecule has 2 unspecified atom stereocenters. The van der Waals surface area contributed by atoms with Crippen molar-refractivity contribution < 1.29 is 45.6 Å². The van der Waals surface area contributed by atoms with E-state index >= 15 is 0 Å². The number of hydrogen-bond donors (Lipinski definition) is 1. The molecule has 0 radical (unpaired) electrons. The summed E-state index contributed by atoms with van der Waals surface area (Å²) in [7, 11) is -5.97. The van der Waals surface area contributed by atoms with E-state index < -0.39 is 50.5 Å². The average Bonchev–Trinajstić information content (AvgIpc) is 2.67. The molecule has 5 aliphatic rings. The SMILES string of the molecule is O=C1OC2(Oc3c1ccc(I)c3I)C1CC3CC2CC(OC(=O)C(F)(F)S(=O)(=O)O)(C3)C1. The summed E-state index contributed by atoms with van der Waals surface area (Å²) in [6, 6.07) is 3.41. The fourth-order valence-electron chi connectivity index (χ4n) is 5.85. The Bertz CT molecular complexity index is 1140. The zero-order valence-electron chi connectivity index (χ0n) is 16.1. The second-order valence-electron chi connectivity index (χ2n) is 8.86. The molecule has 1 spiro atoms. The number of carbonyl (C=O) groups excluding carboxylic acids is 2. The molecule has 1 heterocycles. The van der Waals surface area contributed by atoms with Gasteiger partial charge in [-0.3, -0.25) is 4.55 Å². The first kappa shape index (κ1) is 23.0. The molecule has 13 heteroatoms. The molecule has 6 rings (SSSR count). The highest BCUT2D eigenvalue weighted by molar-refractivity contribution is 14.1. The fraction of sp³-hybridized carbons (Fsp3) is 0.579. The largest absolute Gasteiger partial charge is 0.465 e. The first-order chi connectivity index (χ1) is 14.8. The molecule has 4 bridgehead atoms. The van der Waals surface area contributed by atoms with Crippen LogP contribution in [0.5, 0.6) is 5.75 Å². The van der Waals surface area contributed by atoms with Gasteiger partial charge in [-0.1, -0.05) is 0 Å². The van der Waals surface area contributed by atoms with Gasteiger partial charge in [0.1, 0.15) is 11.2 Å². The molecule has 32 heavy (non-hydrogen) atoms. The predicted octanol–water partition coefficient (Wildman–Crippen LogP) is 3.74. The summed E-state index contributed by atoms with van der Waals surface area (Å²) in [5, 5.41) is -5.06. The van der Waals surface area contributed by atoms with Crippen molar-refractivity contribution in [2.45, 2.75) is 48.7 Å². The van der Waals surface area contributed by atoms with Crippen molar-refractivity contribution in [2.24, 2.45) is 17.8 Å². The second kappa shape index (κ2) is 7.10. The maximum absolute atomic E-state index is 13.8. The highest BCUT2D eigenvalue weighted by Gasteiger charge is 2.69. The first-order valence-electron chi connectivity index (χ1n) is 9.77. The Hall–Kier alpha value is -0.810. The predicted molar refractivity (Wildman–Crippen MR) is 120 cm³/mol. The van der Waals surface area contributed by atoms with Crippen molar-refractivity contribution in [3.63, 3.8) is 0 Å². The molecule has 1 aromatic rings. The van der Waals surface area contributed by atoms with Gasteiger partial charge in [0.15, 0.2) is 5.75 Å². The number of halogens is 4. The Balaban J connectivity index is 1.48. The van der Waals surface area contributed by atoms with Crippen LogP contribution in [0.1, 0.15) is 42.5 Å². The number of hydrogen-bond acceptors (Lipinski definition) is 7. The molecule has 2 atom stereocenters. The van der Waals surface area contributed by atoms with Gasteiger partial charge in [-0.25, -0.2) is 9.59 Å².